The van der Waals surface area contributed by atoms with E-state index in [1.807, 2.05) is 12.2 Å². The molecule has 1 aromatic rings. The van der Waals surface area contributed by atoms with Gasteiger partial charge in [-0.1, -0.05) is 25.5 Å². The molecule has 22 heavy (non-hydrogen) atoms. The number of amides is 3. The van der Waals surface area contributed by atoms with Crippen LogP contribution < -0.4 is 15.8 Å². The predicted octanol–water partition coefficient (Wildman–Crippen LogP) is 1.38. The standard InChI is InChI=1S/C15H20N2O5/c1-8(2)12(13(18)17-15(16)20)22-14(19)10-7-9(3)5-6-11(10)21-4/h5-8,12H,1-4H3,(H3,16,17,18,20)/t12-/m1/s1. The van der Waals surface area contributed by atoms with Crippen molar-refractivity contribution >= 4 is 17.9 Å². The molecule has 0 unspecified atom stereocenters. The van der Waals surface area contributed by atoms with Gasteiger partial charge >= 0.3 is 12.0 Å². The quantitative estimate of drug-likeness (QED) is 0.799. The van der Waals surface area contributed by atoms with Crippen LogP contribution in [0.3, 0.4) is 0 Å². The van der Waals surface area contributed by atoms with E-state index in [1.54, 1.807) is 32.0 Å². The SMILES string of the molecule is COc1ccc(C)cc1C(=O)O[C@@H](C(=O)NC(N)=O)C(C)C. The van der Waals surface area contributed by atoms with E-state index in [2.05, 4.69) is 0 Å². The molecule has 7 nitrogen and oxygen atoms in total. The number of carbonyl (C=O) groups excluding carboxylic acids is 3. The van der Waals surface area contributed by atoms with Crippen molar-refractivity contribution in [2.24, 2.45) is 11.7 Å². The lowest BCUT2D eigenvalue weighted by Gasteiger charge is -2.20. The number of ether oxygens (including phenoxy) is 2. The Balaban J connectivity index is 2.99. The zero-order valence-corrected chi connectivity index (χ0v) is 13.0. The molecular formula is C15H20N2O5. The van der Waals surface area contributed by atoms with Crippen molar-refractivity contribution in [2.75, 3.05) is 7.11 Å². The van der Waals surface area contributed by atoms with Crippen molar-refractivity contribution in [3.8, 4) is 5.75 Å². The summed E-state index contributed by atoms with van der Waals surface area (Å²) in [6.45, 7) is 5.19. The van der Waals surface area contributed by atoms with Gasteiger partial charge < -0.3 is 15.2 Å². The second-order valence-electron chi connectivity index (χ2n) is 5.13. The van der Waals surface area contributed by atoms with Gasteiger partial charge in [0.05, 0.1) is 7.11 Å². The maximum absolute atomic E-state index is 12.3. The molecule has 0 saturated heterocycles. The van der Waals surface area contributed by atoms with Gasteiger partial charge in [0.2, 0.25) is 0 Å². The molecule has 0 aliphatic carbocycles. The zero-order chi connectivity index (χ0) is 16.9. The summed E-state index contributed by atoms with van der Waals surface area (Å²) in [4.78, 5) is 34.9. The van der Waals surface area contributed by atoms with Crippen molar-refractivity contribution in [3.63, 3.8) is 0 Å². The molecule has 0 aliphatic rings. The van der Waals surface area contributed by atoms with E-state index in [0.717, 1.165) is 5.56 Å². The molecule has 120 valence electrons. The highest BCUT2D eigenvalue weighted by Gasteiger charge is 2.29. The number of hydrogen-bond donors (Lipinski definition) is 2. The average molecular weight is 308 g/mol. The topological polar surface area (TPSA) is 108 Å². The maximum Gasteiger partial charge on any atom is 0.342 e. The number of imide groups is 1. The van der Waals surface area contributed by atoms with Crippen LogP contribution in [0, 0.1) is 12.8 Å². The molecular weight excluding hydrogens is 288 g/mol. The van der Waals surface area contributed by atoms with Crippen LogP contribution in [-0.2, 0) is 9.53 Å². The number of rotatable bonds is 5. The van der Waals surface area contributed by atoms with Crippen LogP contribution in [0.4, 0.5) is 4.79 Å². The Morgan fingerprint density at radius 3 is 2.36 bits per heavy atom. The Morgan fingerprint density at radius 2 is 1.86 bits per heavy atom. The molecule has 0 bridgehead atoms. The third kappa shape index (κ3) is 4.47. The number of nitrogens with one attached hydrogen (secondary N) is 1. The van der Waals surface area contributed by atoms with Crippen molar-refractivity contribution < 1.29 is 23.9 Å². The van der Waals surface area contributed by atoms with Gasteiger partial charge in [0.1, 0.15) is 11.3 Å². The van der Waals surface area contributed by atoms with E-state index in [-0.39, 0.29) is 11.5 Å². The summed E-state index contributed by atoms with van der Waals surface area (Å²) in [5.41, 5.74) is 5.96. The largest absolute Gasteiger partial charge is 0.496 e. The number of esters is 1. The lowest BCUT2D eigenvalue weighted by molar-refractivity contribution is -0.130. The van der Waals surface area contributed by atoms with E-state index in [4.69, 9.17) is 15.2 Å². The minimum Gasteiger partial charge on any atom is -0.496 e. The molecule has 0 heterocycles. The first-order valence-corrected chi connectivity index (χ1v) is 6.72. The maximum atomic E-state index is 12.3. The minimum absolute atomic E-state index is 0.208. The van der Waals surface area contributed by atoms with Crippen molar-refractivity contribution in [1.29, 1.82) is 0 Å². The number of hydrogen-bond acceptors (Lipinski definition) is 5. The zero-order valence-electron chi connectivity index (χ0n) is 13.0. The summed E-state index contributed by atoms with van der Waals surface area (Å²) < 4.78 is 10.3. The number of carbonyl (C=O) groups is 3. The fourth-order valence-corrected chi connectivity index (χ4v) is 1.85. The highest BCUT2D eigenvalue weighted by molar-refractivity contribution is 5.99. The summed E-state index contributed by atoms with van der Waals surface area (Å²) in [5.74, 6) is -1.46. The van der Waals surface area contributed by atoms with Gasteiger partial charge in [-0.2, -0.15) is 0 Å². The number of urea groups is 1. The molecule has 3 amide bonds. The van der Waals surface area contributed by atoms with Crippen molar-refractivity contribution in [3.05, 3.63) is 29.3 Å². The number of benzene rings is 1. The van der Waals surface area contributed by atoms with E-state index in [9.17, 15) is 14.4 Å². The molecule has 0 fully saturated rings. The number of primary amides is 1. The van der Waals surface area contributed by atoms with Gasteiger partial charge in [-0.25, -0.2) is 9.59 Å². The van der Waals surface area contributed by atoms with Crippen LogP contribution >= 0.6 is 0 Å². The Morgan fingerprint density at radius 1 is 1.23 bits per heavy atom. The normalized spacial score (nSPS) is 11.7. The third-order valence-electron chi connectivity index (χ3n) is 2.92. The molecule has 0 aromatic heterocycles. The Hall–Kier alpha value is -2.57. The van der Waals surface area contributed by atoms with Gasteiger partial charge in [-0.05, 0) is 25.0 Å². The second-order valence-corrected chi connectivity index (χ2v) is 5.13. The summed E-state index contributed by atoms with van der Waals surface area (Å²) in [7, 11) is 1.43. The lowest BCUT2D eigenvalue weighted by Crippen LogP contribution is -2.45. The molecule has 0 aliphatic heterocycles. The molecule has 7 heteroatoms. The smallest absolute Gasteiger partial charge is 0.342 e. The Bertz CT molecular complexity index is 583. The van der Waals surface area contributed by atoms with Crippen LogP contribution in [0.5, 0.6) is 5.75 Å². The molecule has 1 rings (SSSR count). The van der Waals surface area contributed by atoms with E-state index >= 15 is 0 Å². The summed E-state index contributed by atoms with van der Waals surface area (Å²) >= 11 is 0. The van der Waals surface area contributed by atoms with Gasteiger partial charge in [0.15, 0.2) is 6.10 Å². The van der Waals surface area contributed by atoms with E-state index in [1.165, 1.54) is 7.11 Å². The first-order chi connectivity index (χ1) is 10.3. The van der Waals surface area contributed by atoms with Crippen LogP contribution in [0.25, 0.3) is 0 Å². The first kappa shape index (κ1) is 17.5. The molecule has 0 spiro atoms. The van der Waals surface area contributed by atoms with Crippen molar-refractivity contribution in [1.82, 2.24) is 5.32 Å². The number of methoxy groups -OCH3 is 1. The molecule has 1 atom stereocenters. The van der Waals surface area contributed by atoms with E-state index in [0.29, 0.717) is 5.75 Å². The Kier molecular flexibility index (Phi) is 5.91. The van der Waals surface area contributed by atoms with Gasteiger partial charge in [0, 0.05) is 0 Å². The second kappa shape index (κ2) is 7.44. The van der Waals surface area contributed by atoms with Crippen LogP contribution in [0.2, 0.25) is 0 Å². The van der Waals surface area contributed by atoms with Gasteiger partial charge in [-0.3, -0.25) is 10.1 Å². The van der Waals surface area contributed by atoms with Crippen LogP contribution in [-0.4, -0.2) is 31.1 Å². The highest BCUT2D eigenvalue weighted by Crippen LogP contribution is 2.22. The Labute approximate surface area is 128 Å². The third-order valence-corrected chi connectivity index (χ3v) is 2.92. The lowest BCUT2D eigenvalue weighted by atomic mass is 10.1. The predicted molar refractivity (Wildman–Crippen MR) is 79.5 cm³/mol. The van der Waals surface area contributed by atoms with Gasteiger partial charge in [0.25, 0.3) is 5.91 Å². The molecule has 3 N–H and O–H groups in total. The molecule has 0 saturated carbocycles. The number of aryl methyl sites for hydroxylation is 1. The van der Waals surface area contributed by atoms with Crippen LogP contribution in [0.1, 0.15) is 29.8 Å². The van der Waals surface area contributed by atoms with Gasteiger partial charge in [-0.15, -0.1) is 0 Å². The summed E-state index contributed by atoms with van der Waals surface area (Å²) in [6.07, 6.45) is -1.13. The summed E-state index contributed by atoms with van der Waals surface area (Å²) in [6, 6.07) is 4.03. The van der Waals surface area contributed by atoms with Crippen molar-refractivity contribution in [2.45, 2.75) is 26.9 Å². The minimum atomic E-state index is -1.13. The molecule has 0 radical (unpaired) electrons. The highest BCUT2D eigenvalue weighted by atomic mass is 16.6. The monoisotopic (exact) mass is 308 g/mol. The first-order valence-electron chi connectivity index (χ1n) is 6.72. The fraction of sp³-hybridized carbons (Fsp3) is 0.400. The van der Waals surface area contributed by atoms with Crippen LogP contribution in [0.15, 0.2) is 18.2 Å². The molecule has 1 aromatic carbocycles. The van der Waals surface area contributed by atoms with E-state index < -0.39 is 24.0 Å². The average Bonchev–Trinajstić information content (AvgIpc) is 2.43. The number of nitrogens with two attached hydrogens (primary N) is 1. The summed E-state index contributed by atoms with van der Waals surface area (Å²) in [5, 5.41) is 1.91. The fourth-order valence-electron chi connectivity index (χ4n) is 1.85.